The molecule has 2 heterocycles. The van der Waals surface area contributed by atoms with Gasteiger partial charge in [0.05, 0.1) is 12.0 Å². The van der Waals surface area contributed by atoms with Crippen LogP contribution in [0.5, 0.6) is 0 Å². The summed E-state index contributed by atoms with van der Waals surface area (Å²) in [6.07, 6.45) is 4.56. The number of carbonyl (C=O) groups excluding carboxylic acids is 1. The van der Waals surface area contributed by atoms with Crippen LogP contribution in [-0.4, -0.2) is 25.7 Å². The van der Waals surface area contributed by atoms with E-state index in [0.29, 0.717) is 22.4 Å². The van der Waals surface area contributed by atoms with E-state index in [4.69, 9.17) is 0 Å². The van der Waals surface area contributed by atoms with Crippen molar-refractivity contribution in [3.8, 4) is 0 Å². The molecule has 2 aromatic carbocycles. The summed E-state index contributed by atoms with van der Waals surface area (Å²) in [5.74, 6) is -0.708. The number of benzene rings is 2. The van der Waals surface area contributed by atoms with Crippen molar-refractivity contribution < 1.29 is 9.18 Å². The van der Waals surface area contributed by atoms with Gasteiger partial charge >= 0.3 is 0 Å². The Labute approximate surface area is 193 Å². The van der Waals surface area contributed by atoms with Gasteiger partial charge in [-0.3, -0.25) is 14.4 Å². The number of carbonyl (C=O) groups is 1. The number of ketones is 1. The Kier molecular flexibility index (Phi) is 5.98. The summed E-state index contributed by atoms with van der Waals surface area (Å²) in [7, 11) is 0. The number of hydrogen-bond acceptors (Lipinski definition) is 4. The molecule has 0 aliphatic heterocycles. The van der Waals surface area contributed by atoms with E-state index in [2.05, 4.69) is 19.9 Å². The Hall–Kier alpha value is -4.33. The van der Waals surface area contributed by atoms with Crippen molar-refractivity contribution in [3.05, 3.63) is 120 Å². The van der Waals surface area contributed by atoms with Gasteiger partial charge in [0, 0.05) is 22.2 Å². The van der Waals surface area contributed by atoms with Gasteiger partial charge in [-0.05, 0) is 48.0 Å². The molecule has 8 heteroatoms. The second-order valence-corrected chi connectivity index (χ2v) is 8.90. The molecule has 0 spiro atoms. The highest BCUT2D eigenvalue weighted by Gasteiger charge is 2.19. The second-order valence-electron chi connectivity index (χ2n) is 8.90. The highest BCUT2D eigenvalue weighted by atomic mass is 19.1. The monoisotopic (exact) mass is 458 g/mol. The lowest BCUT2D eigenvalue weighted by molar-refractivity contribution is 0.103. The Bertz CT molecular complexity index is 1600. The van der Waals surface area contributed by atoms with Crippen LogP contribution in [0.3, 0.4) is 0 Å². The number of aromatic nitrogens is 4. The summed E-state index contributed by atoms with van der Waals surface area (Å²) in [6.45, 7) is 6.04. The molecule has 0 aliphatic carbocycles. The lowest BCUT2D eigenvalue weighted by atomic mass is 9.90. The van der Waals surface area contributed by atoms with Gasteiger partial charge in [-0.2, -0.15) is 0 Å². The average Bonchev–Trinajstić information content (AvgIpc) is 3.26. The number of nitrogens with zero attached hydrogens (tertiary/aromatic N) is 1. The molecule has 34 heavy (non-hydrogen) atoms. The first-order valence-corrected chi connectivity index (χ1v) is 10.6. The fraction of sp³-hybridized carbons (Fsp3) is 0.154. The van der Waals surface area contributed by atoms with Crippen LogP contribution in [0.15, 0.2) is 64.4 Å². The van der Waals surface area contributed by atoms with Gasteiger partial charge < -0.3 is 15.0 Å². The molecule has 0 fully saturated rings. The number of aromatic amines is 3. The predicted molar refractivity (Wildman–Crippen MR) is 128 cm³/mol. The van der Waals surface area contributed by atoms with Crippen molar-refractivity contribution in [2.24, 2.45) is 0 Å². The normalized spacial score (nSPS) is 12.8. The fourth-order valence-corrected chi connectivity index (χ4v) is 3.55. The molecular weight excluding hydrogens is 435 g/mol. The van der Waals surface area contributed by atoms with E-state index in [0.717, 1.165) is 5.69 Å². The van der Waals surface area contributed by atoms with Crippen molar-refractivity contribution in [1.29, 1.82) is 0 Å². The highest BCUT2D eigenvalue weighted by molar-refractivity contribution is 6.09. The maximum Gasteiger partial charge on any atom is 0.272 e. The molecule has 3 N–H and O–H groups in total. The molecule has 0 saturated carbocycles. The van der Waals surface area contributed by atoms with Gasteiger partial charge in [0.1, 0.15) is 16.5 Å². The van der Waals surface area contributed by atoms with Crippen LogP contribution in [-0.2, 0) is 5.41 Å². The van der Waals surface area contributed by atoms with Crippen molar-refractivity contribution >= 4 is 17.9 Å². The third kappa shape index (κ3) is 4.85. The summed E-state index contributed by atoms with van der Waals surface area (Å²) in [4.78, 5) is 50.6. The fourth-order valence-electron chi connectivity index (χ4n) is 3.55. The predicted octanol–water partition coefficient (Wildman–Crippen LogP) is 2.11. The van der Waals surface area contributed by atoms with E-state index >= 15 is 0 Å². The zero-order chi connectivity index (χ0) is 24.5. The van der Waals surface area contributed by atoms with Crippen molar-refractivity contribution in [3.63, 3.8) is 0 Å². The van der Waals surface area contributed by atoms with Crippen molar-refractivity contribution in [2.45, 2.75) is 26.2 Å². The molecular formula is C26H23FN4O3. The molecule has 0 saturated heterocycles. The Morgan fingerprint density at radius 2 is 1.56 bits per heavy atom. The molecule has 7 nitrogen and oxygen atoms in total. The number of hydrogen-bond donors (Lipinski definition) is 3. The Morgan fingerprint density at radius 3 is 2.21 bits per heavy atom. The van der Waals surface area contributed by atoms with E-state index in [1.807, 2.05) is 20.8 Å². The van der Waals surface area contributed by atoms with Crippen LogP contribution < -0.4 is 21.8 Å². The summed E-state index contributed by atoms with van der Waals surface area (Å²) in [6, 6.07) is 11.9. The lowest BCUT2D eigenvalue weighted by Crippen LogP contribution is -2.46. The van der Waals surface area contributed by atoms with Gasteiger partial charge in [-0.15, -0.1) is 0 Å². The first-order valence-electron chi connectivity index (χ1n) is 10.6. The first kappa shape index (κ1) is 22.8. The van der Waals surface area contributed by atoms with Gasteiger partial charge in [-0.25, -0.2) is 9.37 Å². The van der Waals surface area contributed by atoms with E-state index in [1.165, 1.54) is 36.4 Å². The molecule has 0 bridgehead atoms. The number of H-pyrrole nitrogens is 3. The van der Waals surface area contributed by atoms with Crippen LogP contribution in [0.1, 0.15) is 53.6 Å². The minimum Gasteiger partial charge on any atom is -0.348 e. The molecule has 4 aromatic rings. The first-order chi connectivity index (χ1) is 16.1. The van der Waals surface area contributed by atoms with Crippen LogP contribution in [0.4, 0.5) is 4.39 Å². The quantitative estimate of drug-likeness (QED) is 0.407. The van der Waals surface area contributed by atoms with Gasteiger partial charge in [0.2, 0.25) is 0 Å². The number of rotatable bonds is 4. The number of imidazole rings is 1. The van der Waals surface area contributed by atoms with Crippen LogP contribution in [0, 0.1) is 5.82 Å². The molecule has 4 rings (SSSR count). The highest BCUT2D eigenvalue weighted by Crippen LogP contribution is 2.22. The Morgan fingerprint density at radius 1 is 0.912 bits per heavy atom. The molecule has 0 unspecified atom stereocenters. The zero-order valence-corrected chi connectivity index (χ0v) is 18.9. The zero-order valence-electron chi connectivity index (χ0n) is 18.9. The van der Waals surface area contributed by atoms with Crippen LogP contribution >= 0.6 is 0 Å². The van der Waals surface area contributed by atoms with Crippen molar-refractivity contribution in [2.75, 3.05) is 0 Å². The lowest BCUT2D eigenvalue weighted by Gasteiger charge is -2.16. The number of halogens is 1. The summed E-state index contributed by atoms with van der Waals surface area (Å²) in [5, 5.41) is 0.131. The maximum atomic E-state index is 13.2. The maximum absolute atomic E-state index is 13.2. The average molecular weight is 458 g/mol. The van der Waals surface area contributed by atoms with Crippen LogP contribution in [0.2, 0.25) is 0 Å². The van der Waals surface area contributed by atoms with Gasteiger partial charge in [0.25, 0.3) is 11.1 Å². The SMILES string of the molecule is CC(C)(C)c1[nH]cnc1C=c1[nH]c(=O)c(=Cc2cccc(C(=O)c3ccc(F)cc3)c2)[nH]c1=O. The van der Waals surface area contributed by atoms with Gasteiger partial charge in [0.15, 0.2) is 5.78 Å². The molecule has 0 aliphatic rings. The molecule has 0 amide bonds. The third-order valence-corrected chi connectivity index (χ3v) is 5.25. The standard InChI is InChI=1S/C26H23FN4O3/c1-26(2,3)23-19(28-14-29-23)13-21-25(34)30-20(24(33)31-21)12-15-5-4-6-17(11-15)22(32)16-7-9-18(27)10-8-16/h4-14H,1-3H3,(H,28,29)(H,30,34)(H,31,33). The second kappa shape index (κ2) is 8.90. The van der Waals surface area contributed by atoms with E-state index < -0.39 is 16.9 Å². The molecule has 0 atom stereocenters. The molecule has 0 radical (unpaired) electrons. The number of nitrogens with one attached hydrogen (secondary N) is 3. The Balaban J connectivity index is 1.72. The summed E-state index contributed by atoms with van der Waals surface area (Å²) >= 11 is 0. The topological polar surface area (TPSA) is 111 Å². The van der Waals surface area contributed by atoms with E-state index in [-0.39, 0.29) is 21.9 Å². The van der Waals surface area contributed by atoms with Gasteiger partial charge in [-0.1, -0.05) is 39.0 Å². The van der Waals surface area contributed by atoms with Crippen molar-refractivity contribution in [1.82, 2.24) is 19.9 Å². The van der Waals surface area contributed by atoms with E-state index in [1.54, 1.807) is 30.6 Å². The minimum atomic E-state index is -0.492. The van der Waals surface area contributed by atoms with Crippen LogP contribution in [0.25, 0.3) is 12.2 Å². The molecule has 172 valence electrons. The third-order valence-electron chi connectivity index (χ3n) is 5.25. The largest absolute Gasteiger partial charge is 0.348 e. The summed E-state index contributed by atoms with van der Waals surface area (Å²) < 4.78 is 13.2. The smallest absolute Gasteiger partial charge is 0.272 e. The minimum absolute atomic E-state index is 0.0478. The molecule has 2 aromatic heterocycles. The van der Waals surface area contributed by atoms with E-state index in [9.17, 15) is 18.8 Å². The summed E-state index contributed by atoms with van der Waals surface area (Å²) in [5.41, 5.74) is 1.48.